The highest BCUT2D eigenvalue weighted by Gasteiger charge is 2.19. The summed E-state index contributed by atoms with van der Waals surface area (Å²) in [4.78, 5) is 4.36. The molecule has 0 bridgehead atoms. The molecular weight excluding hydrogens is 216 g/mol. The van der Waals surface area contributed by atoms with Gasteiger partial charge in [0, 0.05) is 5.71 Å². The third kappa shape index (κ3) is 2.91. The third-order valence-electron chi connectivity index (χ3n) is 3.57. The van der Waals surface area contributed by atoms with Crippen LogP contribution in [0.4, 0.5) is 0 Å². The number of nitrogens with zero attached hydrogens (tertiary/aromatic N) is 1. The van der Waals surface area contributed by atoms with E-state index in [9.17, 15) is 0 Å². The van der Waals surface area contributed by atoms with Crippen LogP contribution >= 0.6 is 12.2 Å². The first-order chi connectivity index (χ1) is 7.77. The van der Waals surface area contributed by atoms with Crippen LogP contribution in [0.15, 0.2) is 16.1 Å². The van der Waals surface area contributed by atoms with Crippen molar-refractivity contribution in [3.05, 3.63) is 11.1 Å². The minimum absolute atomic E-state index is 0.297. The zero-order valence-corrected chi connectivity index (χ0v) is 10.6. The number of hydrogen-bond donors (Lipinski definition) is 1. The van der Waals surface area contributed by atoms with Gasteiger partial charge in [-0.3, -0.25) is 0 Å². The molecule has 88 valence electrons. The molecule has 16 heavy (non-hydrogen) atoms. The number of thiocarbonyl (C=S) groups is 1. The van der Waals surface area contributed by atoms with E-state index in [1.54, 1.807) is 5.57 Å². The van der Waals surface area contributed by atoms with Gasteiger partial charge in [0.2, 0.25) is 0 Å². The van der Waals surface area contributed by atoms with Crippen LogP contribution < -0.4 is 5.73 Å². The normalized spacial score (nSPS) is 24.9. The van der Waals surface area contributed by atoms with E-state index in [1.807, 2.05) is 0 Å². The van der Waals surface area contributed by atoms with E-state index in [1.165, 1.54) is 62.7 Å². The first-order valence-electron chi connectivity index (χ1n) is 6.35. The summed E-state index contributed by atoms with van der Waals surface area (Å²) in [7, 11) is 0. The van der Waals surface area contributed by atoms with E-state index in [4.69, 9.17) is 18.0 Å². The van der Waals surface area contributed by atoms with Crippen molar-refractivity contribution < 1.29 is 0 Å². The molecule has 2 saturated carbocycles. The van der Waals surface area contributed by atoms with Gasteiger partial charge in [0.1, 0.15) is 0 Å². The lowest BCUT2D eigenvalue weighted by Crippen LogP contribution is -2.17. The zero-order valence-electron chi connectivity index (χ0n) is 9.80. The van der Waals surface area contributed by atoms with Crippen molar-refractivity contribution in [3.63, 3.8) is 0 Å². The van der Waals surface area contributed by atoms with Crippen molar-refractivity contribution in [3.8, 4) is 0 Å². The molecule has 2 aliphatic rings. The second-order valence-corrected chi connectivity index (χ2v) is 5.16. The van der Waals surface area contributed by atoms with Crippen LogP contribution in [-0.2, 0) is 0 Å². The van der Waals surface area contributed by atoms with Gasteiger partial charge in [0.25, 0.3) is 0 Å². The number of rotatable bonds is 0. The van der Waals surface area contributed by atoms with Gasteiger partial charge in [-0.2, -0.15) is 0 Å². The van der Waals surface area contributed by atoms with Crippen LogP contribution in [-0.4, -0.2) is 10.8 Å². The fraction of sp³-hybridized carbons (Fsp3) is 0.692. The molecule has 0 aromatic carbocycles. The molecule has 0 atom stereocenters. The molecular formula is C13H20N2S. The fourth-order valence-electron chi connectivity index (χ4n) is 2.81. The van der Waals surface area contributed by atoms with Gasteiger partial charge >= 0.3 is 0 Å². The maximum absolute atomic E-state index is 5.54. The summed E-state index contributed by atoms with van der Waals surface area (Å²) in [5.41, 5.74) is 9.87. The summed E-state index contributed by atoms with van der Waals surface area (Å²) in [6.07, 6.45) is 11.4. The first-order valence-corrected chi connectivity index (χ1v) is 6.76. The zero-order chi connectivity index (χ0) is 11.4. The van der Waals surface area contributed by atoms with E-state index < -0.39 is 0 Å². The van der Waals surface area contributed by atoms with Crippen molar-refractivity contribution in [1.29, 1.82) is 0 Å². The van der Waals surface area contributed by atoms with Gasteiger partial charge < -0.3 is 5.73 Å². The van der Waals surface area contributed by atoms with Crippen LogP contribution in [0, 0.1) is 0 Å². The quantitative estimate of drug-likeness (QED) is 0.654. The van der Waals surface area contributed by atoms with E-state index in [0.29, 0.717) is 5.11 Å². The Morgan fingerprint density at radius 2 is 1.56 bits per heavy atom. The minimum Gasteiger partial charge on any atom is -0.374 e. The van der Waals surface area contributed by atoms with E-state index in [0.717, 1.165) is 6.42 Å². The summed E-state index contributed by atoms with van der Waals surface area (Å²) >= 11 is 4.90. The lowest BCUT2D eigenvalue weighted by Gasteiger charge is -2.24. The van der Waals surface area contributed by atoms with Crippen LogP contribution in [0.2, 0.25) is 0 Å². The average molecular weight is 236 g/mol. The van der Waals surface area contributed by atoms with Crippen LogP contribution in [0.1, 0.15) is 57.8 Å². The Morgan fingerprint density at radius 1 is 0.938 bits per heavy atom. The SMILES string of the molecule is NC(=S)/N=C1/CCCCC1=C1CCCCC1. The Labute approximate surface area is 103 Å². The number of aliphatic imine (C=N–C) groups is 1. The van der Waals surface area contributed by atoms with Gasteiger partial charge in [-0.1, -0.05) is 12.0 Å². The van der Waals surface area contributed by atoms with Gasteiger partial charge in [0.05, 0.1) is 0 Å². The number of hydrogen-bond acceptors (Lipinski definition) is 1. The predicted octanol–water partition coefficient (Wildman–Crippen LogP) is 3.51. The molecule has 3 heteroatoms. The Kier molecular flexibility index (Phi) is 4.10. The highest BCUT2D eigenvalue weighted by atomic mass is 32.1. The molecule has 2 nitrogen and oxygen atoms in total. The number of nitrogens with two attached hydrogens (primary N) is 1. The number of allylic oxidation sites excluding steroid dienone is 2. The largest absolute Gasteiger partial charge is 0.374 e. The summed E-state index contributed by atoms with van der Waals surface area (Å²) < 4.78 is 0. The molecule has 0 radical (unpaired) electrons. The third-order valence-corrected chi connectivity index (χ3v) is 3.66. The monoisotopic (exact) mass is 236 g/mol. The summed E-state index contributed by atoms with van der Waals surface area (Å²) in [5.74, 6) is 0. The maximum atomic E-state index is 5.54. The molecule has 2 aliphatic carbocycles. The van der Waals surface area contributed by atoms with E-state index in [2.05, 4.69) is 4.99 Å². The van der Waals surface area contributed by atoms with Crippen molar-refractivity contribution in [2.75, 3.05) is 0 Å². The summed E-state index contributed by atoms with van der Waals surface area (Å²) in [6.45, 7) is 0. The molecule has 2 fully saturated rings. The van der Waals surface area contributed by atoms with Crippen molar-refractivity contribution in [1.82, 2.24) is 0 Å². The summed E-state index contributed by atoms with van der Waals surface area (Å²) in [5, 5.41) is 0.297. The minimum atomic E-state index is 0.297. The predicted molar refractivity (Wildman–Crippen MR) is 72.8 cm³/mol. The van der Waals surface area contributed by atoms with Crippen LogP contribution in [0.5, 0.6) is 0 Å². The molecule has 0 amide bonds. The Hall–Kier alpha value is -0.700. The second kappa shape index (κ2) is 5.58. The summed E-state index contributed by atoms with van der Waals surface area (Å²) in [6, 6.07) is 0. The Morgan fingerprint density at radius 3 is 2.25 bits per heavy atom. The Balaban J connectivity index is 2.24. The van der Waals surface area contributed by atoms with Crippen LogP contribution in [0.25, 0.3) is 0 Å². The molecule has 0 aliphatic heterocycles. The van der Waals surface area contributed by atoms with E-state index in [-0.39, 0.29) is 0 Å². The first kappa shape index (κ1) is 11.8. The van der Waals surface area contributed by atoms with Gasteiger partial charge in [-0.05, 0) is 69.2 Å². The van der Waals surface area contributed by atoms with Gasteiger partial charge in [-0.15, -0.1) is 0 Å². The van der Waals surface area contributed by atoms with Crippen molar-refractivity contribution in [2.45, 2.75) is 57.8 Å². The topological polar surface area (TPSA) is 38.4 Å². The average Bonchev–Trinajstić information content (AvgIpc) is 2.30. The molecule has 0 heterocycles. The molecule has 0 saturated heterocycles. The smallest absolute Gasteiger partial charge is 0.190 e. The fourth-order valence-corrected chi connectivity index (χ4v) is 2.92. The molecule has 0 aromatic rings. The standard InChI is InChI=1S/C13H20N2S/c14-13(16)15-12-9-5-4-8-11(12)10-6-2-1-3-7-10/h1-9H2,(H2,14,16)/b15-12-. The van der Waals surface area contributed by atoms with Gasteiger partial charge in [-0.25, -0.2) is 4.99 Å². The highest BCUT2D eigenvalue weighted by Crippen LogP contribution is 2.32. The molecule has 2 N–H and O–H groups in total. The molecule has 2 rings (SSSR count). The van der Waals surface area contributed by atoms with Crippen molar-refractivity contribution >= 4 is 23.0 Å². The molecule has 0 aromatic heterocycles. The van der Waals surface area contributed by atoms with E-state index >= 15 is 0 Å². The van der Waals surface area contributed by atoms with Crippen molar-refractivity contribution in [2.24, 2.45) is 10.7 Å². The Bertz CT molecular complexity index is 334. The highest BCUT2D eigenvalue weighted by molar-refractivity contribution is 7.80. The maximum Gasteiger partial charge on any atom is 0.190 e. The molecule has 0 unspecified atom stereocenters. The van der Waals surface area contributed by atoms with Crippen LogP contribution in [0.3, 0.4) is 0 Å². The van der Waals surface area contributed by atoms with Gasteiger partial charge in [0.15, 0.2) is 5.11 Å². The lowest BCUT2D eigenvalue weighted by molar-refractivity contribution is 0.587. The lowest BCUT2D eigenvalue weighted by atomic mass is 9.83. The molecule has 0 spiro atoms. The second-order valence-electron chi connectivity index (χ2n) is 4.75.